The van der Waals surface area contributed by atoms with Crippen LogP contribution >= 0.6 is 43.5 Å². The number of alkyl halides is 1. The Morgan fingerprint density at radius 1 is 1.12 bits per heavy atom. The van der Waals surface area contributed by atoms with Gasteiger partial charge in [-0.3, -0.25) is 0 Å². The second-order valence-electron chi connectivity index (χ2n) is 5.52. The quantitative estimate of drug-likeness (QED) is 0.293. The van der Waals surface area contributed by atoms with E-state index in [1.54, 1.807) is 6.92 Å². The van der Waals surface area contributed by atoms with Gasteiger partial charge in [0.05, 0.1) is 22.3 Å². The third-order valence-corrected chi connectivity index (χ3v) is 5.50. The molecule has 26 heavy (non-hydrogen) atoms. The molecule has 3 nitrogen and oxygen atoms in total. The number of ether oxygens (including phenoxy) is 1. The normalized spacial score (nSPS) is 10.8. The number of esters is 1. The van der Waals surface area contributed by atoms with Gasteiger partial charge >= 0.3 is 5.97 Å². The van der Waals surface area contributed by atoms with Gasteiger partial charge in [-0.05, 0) is 52.7 Å². The lowest BCUT2D eigenvalue weighted by molar-refractivity contribution is 0.0524. The van der Waals surface area contributed by atoms with E-state index >= 15 is 0 Å². The van der Waals surface area contributed by atoms with Crippen LogP contribution in [0.4, 0.5) is 0 Å². The number of aromatic nitrogens is 1. The number of benzene rings is 2. The molecular weight excluding hydrogens is 481 g/mol. The maximum atomic E-state index is 12.6. The maximum absolute atomic E-state index is 12.6. The molecule has 0 bridgehead atoms. The van der Waals surface area contributed by atoms with Gasteiger partial charge in [0.1, 0.15) is 0 Å². The minimum atomic E-state index is -0.348. The molecule has 0 amide bonds. The van der Waals surface area contributed by atoms with Gasteiger partial charge in [-0.1, -0.05) is 57.9 Å². The summed E-state index contributed by atoms with van der Waals surface area (Å²) in [5.74, 6) is -0.348. The summed E-state index contributed by atoms with van der Waals surface area (Å²) in [5, 5.41) is 1.16. The van der Waals surface area contributed by atoms with Crippen LogP contribution in [0.1, 0.15) is 23.0 Å². The van der Waals surface area contributed by atoms with Gasteiger partial charge in [0.2, 0.25) is 0 Å². The number of para-hydroxylation sites is 1. The molecule has 0 N–H and O–H groups in total. The molecule has 0 fully saturated rings. The molecule has 0 aliphatic rings. The molecule has 0 aliphatic carbocycles. The van der Waals surface area contributed by atoms with Gasteiger partial charge in [-0.15, -0.1) is 0 Å². The largest absolute Gasteiger partial charge is 0.462 e. The number of hydrogen-bond donors (Lipinski definition) is 0. The van der Waals surface area contributed by atoms with E-state index in [1.807, 2.05) is 54.6 Å². The fourth-order valence-electron chi connectivity index (χ4n) is 2.85. The Labute approximate surface area is 174 Å². The fraction of sp³-hybridized carbons (Fsp3) is 0.150. The summed E-state index contributed by atoms with van der Waals surface area (Å²) >= 11 is 13.2. The Morgan fingerprint density at radius 3 is 2.35 bits per heavy atom. The second-order valence-corrected chi connectivity index (χ2v) is 7.31. The van der Waals surface area contributed by atoms with Crippen molar-refractivity contribution in [3.8, 4) is 16.9 Å². The van der Waals surface area contributed by atoms with E-state index in [2.05, 4.69) is 36.4 Å². The SMILES string of the molecule is CCOC(=O)c1c(Br)c(-c2ccc(Cl)cc2)n(-c2ccccc2)c1CBr. The number of nitrogens with zero attached hydrogens (tertiary/aromatic N) is 1. The molecule has 0 atom stereocenters. The summed E-state index contributed by atoms with van der Waals surface area (Å²) in [6, 6.07) is 17.5. The van der Waals surface area contributed by atoms with Crippen LogP contribution in [-0.4, -0.2) is 17.1 Å². The van der Waals surface area contributed by atoms with Crippen LogP contribution < -0.4 is 0 Å². The molecule has 6 heteroatoms. The molecule has 2 aromatic carbocycles. The maximum Gasteiger partial charge on any atom is 0.341 e. The third-order valence-electron chi connectivity index (χ3n) is 3.95. The van der Waals surface area contributed by atoms with E-state index in [4.69, 9.17) is 16.3 Å². The van der Waals surface area contributed by atoms with Gasteiger partial charge in [0.15, 0.2) is 0 Å². The number of hydrogen-bond acceptors (Lipinski definition) is 2. The summed E-state index contributed by atoms with van der Waals surface area (Å²) in [6.07, 6.45) is 0. The molecule has 0 saturated heterocycles. The number of carbonyl (C=O) groups excluding carboxylic acids is 1. The molecule has 0 saturated carbocycles. The van der Waals surface area contributed by atoms with Crippen LogP contribution in [0.3, 0.4) is 0 Å². The Kier molecular flexibility index (Phi) is 6.22. The van der Waals surface area contributed by atoms with Crippen LogP contribution in [0.2, 0.25) is 5.02 Å². The zero-order chi connectivity index (χ0) is 18.7. The highest BCUT2D eigenvalue weighted by atomic mass is 79.9. The van der Waals surface area contributed by atoms with Gasteiger partial charge in [-0.2, -0.15) is 0 Å². The first kappa shape index (κ1) is 19.2. The molecule has 0 radical (unpaired) electrons. The Bertz CT molecular complexity index is 921. The van der Waals surface area contributed by atoms with Crippen molar-refractivity contribution in [3.05, 3.63) is 75.4 Å². The fourth-order valence-corrected chi connectivity index (χ4v) is 4.31. The summed E-state index contributed by atoms with van der Waals surface area (Å²) < 4.78 is 8.06. The van der Waals surface area contributed by atoms with Crippen molar-refractivity contribution in [1.29, 1.82) is 0 Å². The first-order chi connectivity index (χ1) is 12.6. The van der Waals surface area contributed by atoms with Gasteiger partial charge in [-0.25, -0.2) is 4.79 Å². The van der Waals surface area contributed by atoms with E-state index in [9.17, 15) is 4.79 Å². The highest BCUT2D eigenvalue weighted by Crippen LogP contribution is 2.40. The molecule has 0 unspecified atom stereocenters. The highest BCUT2D eigenvalue weighted by molar-refractivity contribution is 9.10. The smallest absolute Gasteiger partial charge is 0.341 e. The van der Waals surface area contributed by atoms with Crippen LogP contribution in [-0.2, 0) is 10.1 Å². The van der Waals surface area contributed by atoms with Crippen LogP contribution in [0.15, 0.2) is 59.1 Å². The van der Waals surface area contributed by atoms with Crippen molar-refractivity contribution in [1.82, 2.24) is 4.57 Å². The second kappa shape index (κ2) is 8.42. The summed E-state index contributed by atoms with van der Waals surface area (Å²) in [6.45, 7) is 2.12. The Balaban J connectivity index is 2.34. The van der Waals surface area contributed by atoms with Gasteiger partial charge in [0.25, 0.3) is 0 Å². The van der Waals surface area contributed by atoms with Crippen molar-refractivity contribution < 1.29 is 9.53 Å². The van der Waals surface area contributed by atoms with Crippen molar-refractivity contribution in [2.45, 2.75) is 12.3 Å². The van der Waals surface area contributed by atoms with E-state index < -0.39 is 0 Å². The first-order valence-corrected chi connectivity index (χ1v) is 10.3. The first-order valence-electron chi connectivity index (χ1n) is 8.06. The van der Waals surface area contributed by atoms with Gasteiger partial charge in [0, 0.05) is 21.7 Å². The van der Waals surface area contributed by atoms with E-state index in [0.29, 0.717) is 27.0 Å². The lowest BCUT2D eigenvalue weighted by Gasteiger charge is -2.13. The zero-order valence-corrected chi connectivity index (χ0v) is 17.9. The molecule has 0 aliphatic heterocycles. The Morgan fingerprint density at radius 2 is 1.77 bits per heavy atom. The average molecular weight is 498 g/mol. The molecule has 0 spiro atoms. The average Bonchev–Trinajstić information content (AvgIpc) is 2.95. The van der Waals surface area contributed by atoms with Gasteiger partial charge < -0.3 is 9.30 Å². The van der Waals surface area contributed by atoms with E-state index in [-0.39, 0.29) is 5.97 Å². The summed E-state index contributed by atoms with van der Waals surface area (Å²) in [4.78, 5) is 12.6. The van der Waals surface area contributed by atoms with Crippen molar-refractivity contribution in [2.75, 3.05) is 6.61 Å². The third kappa shape index (κ3) is 3.61. The van der Waals surface area contributed by atoms with Crippen LogP contribution in [0.25, 0.3) is 16.9 Å². The molecule has 1 heterocycles. The molecule has 3 rings (SSSR count). The summed E-state index contributed by atoms with van der Waals surface area (Å²) in [7, 11) is 0. The molecular formula is C20H16Br2ClNO2. The topological polar surface area (TPSA) is 31.2 Å². The minimum Gasteiger partial charge on any atom is -0.462 e. The standard InChI is InChI=1S/C20H16Br2ClNO2/c1-2-26-20(25)17-16(12-21)24(15-6-4-3-5-7-15)19(18(17)22)13-8-10-14(23)11-9-13/h3-11H,2,12H2,1H3. The molecule has 134 valence electrons. The van der Waals surface area contributed by atoms with Crippen molar-refractivity contribution >= 4 is 49.4 Å². The van der Waals surface area contributed by atoms with E-state index in [0.717, 1.165) is 22.6 Å². The van der Waals surface area contributed by atoms with Crippen molar-refractivity contribution in [2.24, 2.45) is 0 Å². The van der Waals surface area contributed by atoms with Crippen molar-refractivity contribution in [3.63, 3.8) is 0 Å². The lowest BCUT2D eigenvalue weighted by atomic mass is 10.1. The predicted octanol–water partition coefficient (Wildman–Crippen LogP) is 6.63. The molecule has 1 aromatic heterocycles. The minimum absolute atomic E-state index is 0.319. The number of rotatable bonds is 5. The zero-order valence-electron chi connectivity index (χ0n) is 14.0. The van der Waals surface area contributed by atoms with Crippen LogP contribution in [0, 0.1) is 0 Å². The Hall–Kier alpha value is -1.56. The number of halogens is 3. The van der Waals surface area contributed by atoms with E-state index in [1.165, 1.54) is 0 Å². The molecule has 3 aromatic rings. The number of carbonyl (C=O) groups is 1. The lowest BCUT2D eigenvalue weighted by Crippen LogP contribution is -2.08. The van der Waals surface area contributed by atoms with Crippen LogP contribution in [0.5, 0.6) is 0 Å². The summed E-state index contributed by atoms with van der Waals surface area (Å²) in [5.41, 5.74) is 4.14. The monoisotopic (exact) mass is 495 g/mol. The highest BCUT2D eigenvalue weighted by Gasteiger charge is 2.27. The predicted molar refractivity (Wildman–Crippen MR) is 113 cm³/mol.